The maximum Gasteiger partial charge on any atom is 0.104 e. The smallest absolute Gasteiger partial charge is 0.104 e. The van der Waals surface area contributed by atoms with Gasteiger partial charge in [-0.15, -0.1) is 11.3 Å². The summed E-state index contributed by atoms with van der Waals surface area (Å²) >= 11 is 1.84. The van der Waals surface area contributed by atoms with Crippen molar-refractivity contribution >= 4 is 48.6 Å². The van der Waals surface area contributed by atoms with E-state index in [1.54, 1.807) is 0 Å². The van der Waals surface area contributed by atoms with Gasteiger partial charge in [-0.2, -0.15) is 5.26 Å². The predicted octanol–water partition coefficient (Wildman–Crippen LogP) is 10.3. The predicted molar refractivity (Wildman–Crippen MR) is 192 cm³/mol. The van der Waals surface area contributed by atoms with E-state index in [1.165, 1.54) is 36.9 Å². The average molecular weight is 611 g/mol. The van der Waals surface area contributed by atoms with E-state index in [-0.39, 0.29) is 12.2 Å². The number of rotatable bonds is 6. The molecule has 0 spiro atoms. The first kappa shape index (κ1) is 27.8. The third-order valence-corrected chi connectivity index (χ3v) is 9.70. The number of hydrogen-bond donors (Lipinski definition) is 3. The van der Waals surface area contributed by atoms with Gasteiger partial charge in [0.15, 0.2) is 0 Å². The number of hydrogen-bond acceptors (Lipinski definition) is 5. The van der Waals surface area contributed by atoms with Gasteiger partial charge in [0.25, 0.3) is 0 Å². The molecule has 8 rings (SSSR count). The minimum Gasteiger partial charge on any atom is -0.366 e. The van der Waals surface area contributed by atoms with Crippen LogP contribution in [0.15, 0.2) is 152 Å². The number of nitrogens with zero attached hydrogens (tertiary/aromatic N) is 1. The Morgan fingerprint density at radius 2 is 1.37 bits per heavy atom. The van der Waals surface area contributed by atoms with E-state index in [9.17, 15) is 5.26 Å². The zero-order chi connectivity index (χ0) is 30.9. The Morgan fingerprint density at radius 3 is 2.17 bits per heavy atom. The fourth-order valence-electron chi connectivity index (χ4n) is 6.26. The van der Waals surface area contributed by atoms with Gasteiger partial charge in [0.2, 0.25) is 0 Å². The molecule has 3 N–H and O–H groups in total. The largest absolute Gasteiger partial charge is 0.366 e. The maximum absolute atomic E-state index is 9.33. The van der Waals surface area contributed by atoms with Gasteiger partial charge < -0.3 is 10.6 Å². The van der Waals surface area contributed by atoms with Crippen molar-refractivity contribution in [3.05, 3.63) is 174 Å². The van der Waals surface area contributed by atoms with E-state index in [2.05, 4.69) is 143 Å². The zero-order valence-electron chi connectivity index (χ0n) is 24.9. The van der Waals surface area contributed by atoms with Crippen LogP contribution < -0.4 is 16.0 Å². The van der Waals surface area contributed by atoms with Crippen LogP contribution in [0.4, 0.5) is 11.4 Å². The van der Waals surface area contributed by atoms with E-state index in [1.807, 2.05) is 41.7 Å². The van der Waals surface area contributed by atoms with Crippen LogP contribution >= 0.6 is 11.3 Å². The first-order chi connectivity index (χ1) is 22.7. The number of fused-ring (bicyclic) bond motifs is 3. The summed E-state index contributed by atoms with van der Waals surface area (Å²) in [6.07, 6.45) is 2.08. The zero-order valence-corrected chi connectivity index (χ0v) is 25.8. The molecular formula is C41H30N4S. The second-order valence-corrected chi connectivity index (χ2v) is 12.6. The Balaban J connectivity index is 1.17. The fraction of sp³-hybridized carbons (Fsp3) is 0.0488. The molecule has 0 saturated carbocycles. The van der Waals surface area contributed by atoms with Gasteiger partial charge in [0.05, 0.1) is 17.7 Å². The van der Waals surface area contributed by atoms with E-state index in [4.69, 9.17) is 0 Å². The lowest BCUT2D eigenvalue weighted by molar-refractivity contribution is 0.443. The molecular weight excluding hydrogens is 581 g/mol. The highest BCUT2D eigenvalue weighted by Gasteiger charge is 2.24. The molecule has 7 aromatic rings. The van der Waals surface area contributed by atoms with Gasteiger partial charge in [-0.3, -0.25) is 5.32 Å². The van der Waals surface area contributed by atoms with Crippen LogP contribution in [-0.4, -0.2) is 0 Å². The summed E-state index contributed by atoms with van der Waals surface area (Å²) in [7, 11) is 0. The molecule has 0 amide bonds. The lowest BCUT2D eigenvalue weighted by atomic mass is 9.98. The Morgan fingerprint density at radius 1 is 0.630 bits per heavy atom. The van der Waals surface area contributed by atoms with Crippen molar-refractivity contribution in [1.29, 1.82) is 5.26 Å². The quantitative estimate of drug-likeness (QED) is 0.175. The molecule has 1 aliphatic rings. The molecule has 2 heterocycles. The molecule has 4 nitrogen and oxygen atoms in total. The first-order valence-corrected chi connectivity index (χ1v) is 16.2. The Hall–Kier alpha value is -5.67. The average Bonchev–Trinajstić information content (AvgIpc) is 3.49. The molecule has 0 fully saturated rings. The highest BCUT2D eigenvalue weighted by Crippen LogP contribution is 2.41. The second-order valence-electron chi connectivity index (χ2n) is 11.5. The second kappa shape index (κ2) is 12.0. The monoisotopic (exact) mass is 610 g/mol. The van der Waals surface area contributed by atoms with Crippen LogP contribution in [0.3, 0.4) is 0 Å². The minimum absolute atomic E-state index is 0.00803. The van der Waals surface area contributed by atoms with E-state index in [0.29, 0.717) is 5.56 Å². The van der Waals surface area contributed by atoms with Gasteiger partial charge in [0, 0.05) is 42.8 Å². The Kier molecular flexibility index (Phi) is 7.28. The van der Waals surface area contributed by atoms with Gasteiger partial charge in [-0.05, 0) is 70.8 Å². The van der Waals surface area contributed by atoms with Crippen molar-refractivity contribution in [2.75, 3.05) is 5.32 Å². The highest BCUT2D eigenvalue weighted by atomic mass is 32.1. The molecule has 5 heteroatoms. The summed E-state index contributed by atoms with van der Waals surface area (Å²) in [5.41, 5.74) is 9.48. The number of benzene rings is 6. The van der Waals surface area contributed by atoms with E-state index in [0.717, 1.165) is 28.2 Å². The summed E-state index contributed by atoms with van der Waals surface area (Å²) in [4.78, 5) is 0. The van der Waals surface area contributed by atoms with Crippen molar-refractivity contribution < 1.29 is 0 Å². The van der Waals surface area contributed by atoms with Crippen molar-refractivity contribution in [2.45, 2.75) is 12.2 Å². The molecule has 2 unspecified atom stereocenters. The van der Waals surface area contributed by atoms with Crippen LogP contribution in [0.2, 0.25) is 0 Å². The number of thiophene rings is 1. The molecule has 0 saturated heterocycles. The minimum atomic E-state index is -0.139. The topological polar surface area (TPSA) is 59.9 Å². The van der Waals surface area contributed by atoms with Crippen molar-refractivity contribution in [3.8, 4) is 17.2 Å². The summed E-state index contributed by atoms with van der Waals surface area (Å²) < 4.78 is 2.58. The standard InChI is InChI=1S/C41H30N4S/c42-26-27-18-20-30(21-19-27)37-25-36(29-12-5-2-6-13-29)44-41(45-37)31-14-9-15-32(22-31)43-38-23-35-33-16-7-8-17-39(33)46-40(35)24-34(38)28-10-3-1-4-11-28/h1-25,36,41,43-45H. The molecule has 1 aromatic heterocycles. The van der Waals surface area contributed by atoms with Crippen molar-refractivity contribution in [1.82, 2.24) is 10.6 Å². The van der Waals surface area contributed by atoms with Gasteiger partial charge in [-0.25, -0.2) is 0 Å². The van der Waals surface area contributed by atoms with Gasteiger partial charge >= 0.3 is 0 Å². The molecule has 46 heavy (non-hydrogen) atoms. The van der Waals surface area contributed by atoms with Gasteiger partial charge in [0.1, 0.15) is 6.17 Å². The lowest BCUT2D eigenvalue weighted by Crippen LogP contribution is -2.39. The molecule has 220 valence electrons. The Bertz CT molecular complexity index is 2250. The molecule has 0 aliphatic carbocycles. The Labute approximate surface area is 272 Å². The maximum atomic E-state index is 9.33. The molecule has 2 atom stereocenters. The number of anilines is 2. The summed E-state index contributed by atoms with van der Waals surface area (Å²) in [6.45, 7) is 0. The normalized spacial score (nSPS) is 16.0. The van der Waals surface area contributed by atoms with Crippen LogP contribution in [-0.2, 0) is 0 Å². The number of nitrogens with one attached hydrogen (secondary N) is 3. The molecule has 0 bridgehead atoms. The highest BCUT2D eigenvalue weighted by molar-refractivity contribution is 7.25. The fourth-order valence-corrected chi connectivity index (χ4v) is 7.39. The molecule has 0 radical (unpaired) electrons. The SMILES string of the molecule is N#Cc1ccc(C2=CC(c3ccccc3)NC(c3cccc(Nc4cc5c(cc4-c4ccccc4)sc4ccccc45)c3)N2)cc1. The van der Waals surface area contributed by atoms with E-state index >= 15 is 0 Å². The summed E-state index contributed by atoms with van der Waals surface area (Å²) in [5.74, 6) is 0. The van der Waals surface area contributed by atoms with Crippen LogP contribution in [0.1, 0.15) is 34.5 Å². The van der Waals surface area contributed by atoms with E-state index < -0.39 is 0 Å². The van der Waals surface area contributed by atoms with Crippen LogP contribution in [0.25, 0.3) is 37.0 Å². The first-order valence-electron chi connectivity index (χ1n) is 15.4. The summed E-state index contributed by atoms with van der Waals surface area (Å²) in [6, 6.07) is 53.0. The molecule has 6 aromatic carbocycles. The van der Waals surface area contributed by atoms with Gasteiger partial charge in [-0.1, -0.05) is 103 Å². The van der Waals surface area contributed by atoms with Crippen LogP contribution in [0, 0.1) is 11.3 Å². The van der Waals surface area contributed by atoms with Crippen LogP contribution in [0.5, 0.6) is 0 Å². The third kappa shape index (κ3) is 5.41. The molecule has 1 aliphatic heterocycles. The third-order valence-electron chi connectivity index (χ3n) is 8.56. The lowest BCUT2D eigenvalue weighted by Gasteiger charge is -2.33. The number of nitriles is 1. The van der Waals surface area contributed by atoms with Crippen molar-refractivity contribution in [2.24, 2.45) is 0 Å². The summed E-state index contributed by atoms with van der Waals surface area (Å²) in [5, 5.41) is 23.2. The van der Waals surface area contributed by atoms with Crippen molar-refractivity contribution in [3.63, 3.8) is 0 Å².